The van der Waals surface area contributed by atoms with Gasteiger partial charge in [-0.1, -0.05) is 26.0 Å². The minimum absolute atomic E-state index is 0.0243. The zero-order chi connectivity index (χ0) is 18.6. The van der Waals surface area contributed by atoms with Gasteiger partial charge < -0.3 is 10.6 Å². The van der Waals surface area contributed by atoms with Gasteiger partial charge in [-0.25, -0.2) is 0 Å². The summed E-state index contributed by atoms with van der Waals surface area (Å²) in [7, 11) is 1.88. The Morgan fingerprint density at radius 3 is 2.56 bits per heavy atom. The van der Waals surface area contributed by atoms with Crippen LogP contribution in [0.15, 0.2) is 24.3 Å². The van der Waals surface area contributed by atoms with E-state index >= 15 is 0 Å². The standard InChI is InChI=1S/C19H26N4O2/c1-12(2)19(25)21-16-8-6-7-15(9-16)11-20-18(24)10-17-13(3)22-23(5)14(17)4/h6-9,12H,10-11H2,1-5H3,(H,20,24)(H,21,25). The second-order valence-corrected chi connectivity index (χ2v) is 6.57. The highest BCUT2D eigenvalue weighted by Gasteiger charge is 2.13. The third-order valence-corrected chi connectivity index (χ3v) is 4.20. The van der Waals surface area contributed by atoms with Gasteiger partial charge in [0.25, 0.3) is 0 Å². The third kappa shape index (κ3) is 4.92. The first-order chi connectivity index (χ1) is 11.8. The lowest BCUT2D eigenvalue weighted by Gasteiger charge is -2.10. The molecule has 2 aromatic rings. The number of rotatable bonds is 6. The number of carbonyl (C=O) groups excluding carboxylic acids is 2. The van der Waals surface area contributed by atoms with E-state index in [1.165, 1.54) is 0 Å². The molecule has 0 unspecified atom stereocenters. The first-order valence-electron chi connectivity index (χ1n) is 8.43. The summed E-state index contributed by atoms with van der Waals surface area (Å²) >= 11 is 0. The monoisotopic (exact) mass is 342 g/mol. The molecule has 0 bridgehead atoms. The number of amides is 2. The molecule has 0 spiro atoms. The lowest BCUT2D eigenvalue weighted by atomic mass is 10.1. The summed E-state index contributed by atoms with van der Waals surface area (Å²) in [4.78, 5) is 24.0. The lowest BCUT2D eigenvalue weighted by Crippen LogP contribution is -2.25. The Bertz CT molecular complexity index is 778. The number of hydrogen-bond acceptors (Lipinski definition) is 3. The van der Waals surface area contributed by atoms with Crippen molar-refractivity contribution in [1.29, 1.82) is 0 Å². The van der Waals surface area contributed by atoms with Crippen LogP contribution in [0.3, 0.4) is 0 Å². The fourth-order valence-corrected chi connectivity index (χ4v) is 2.54. The van der Waals surface area contributed by atoms with Crippen molar-refractivity contribution < 1.29 is 9.59 Å². The molecule has 1 aromatic heterocycles. The maximum absolute atomic E-state index is 12.2. The highest BCUT2D eigenvalue weighted by atomic mass is 16.2. The lowest BCUT2D eigenvalue weighted by molar-refractivity contribution is -0.120. The van der Waals surface area contributed by atoms with Gasteiger partial charge in [-0.05, 0) is 31.5 Å². The zero-order valence-electron chi connectivity index (χ0n) is 15.5. The first-order valence-corrected chi connectivity index (χ1v) is 8.43. The van der Waals surface area contributed by atoms with Gasteiger partial charge in [0.15, 0.2) is 0 Å². The van der Waals surface area contributed by atoms with Gasteiger partial charge in [-0.2, -0.15) is 5.10 Å². The van der Waals surface area contributed by atoms with Crippen molar-refractivity contribution in [2.45, 2.75) is 40.7 Å². The molecule has 0 aliphatic carbocycles. The Morgan fingerprint density at radius 1 is 1.24 bits per heavy atom. The molecule has 2 amide bonds. The number of nitrogens with one attached hydrogen (secondary N) is 2. The minimum Gasteiger partial charge on any atom is -0.352 e. The van der Waals surface area contributed by atoms with Gasteiger partial charge in [0, 0.05) is 36.5 Å². The summed E-state index contributed by atoms with van der Waals surface area (Å²) in [5.41, 5.74) is 4.54. The molecule has 6 nitrogen and oxygen atoms in total. The largest absolute Gasteiger partial charge is 0.352 e. The van der Waals surface area contributed by atoms with Crippen LogP contribution in [-0.2, 0) is 29.6 Å². The Balaban J connectivity index is 1.94. The molecular weight excluding hydrogens is 316 g/mol. The number of nitrogens with zero attached hydrogens (tertiary/aromatic N) is 2. The SMILES string of the molecule is Cc1nn(C)c(C)c1CC(=O)NCc1cccc(NC(=O)C(C)C)c1. The van der Waals surface area contributed by atoms with Gasteiger partial charge in [-0.3, -0.25) is 14.3 Å². The molecule has 0 aliphatic rings. The van der Waals surface area contributed by atoms with Gasteiger partial charge in [0.1, 0.15) is 0 Å². The van der Waals surface area contributed by atoms with E-state index in [4.69, 9.17) is 0 Å². The quantitative estimate of drug-likeness (QED) is 0.847. The van der Waals surface area contributed by atoms with E-state index in [9.17, 15) is 9.59 Å². The van der Waals surface area contributed by atoms with E-state index in [0.717, 1.165) is 28.2 Å². The highest BCUT2D eigenvalue weighted by Crippen LogP contribution is 2.14. The molecule has 0 radical (unpaired) electrons. The molecule has 0 saturated heterocycles. The number of benzene rings is 1. The Kier molecular flexibility index (Phi) is 5.96. The predicted molar refractivity (Wildman–Crippen MR) is 98.1 cm³/mol. The smallest absolute Gasteiger partial charge is 0.226 e. The summed E-state index contributed by atoms with van der Waals surface area (Å²) in [5.74, 6) is -0.145. The van der Waals surface area contributed by atoms with E-state index < -0.39 is 0 Å². The van der Waals surface area contributed by atoms with E-state index in [1.54, 1.807) is 4.68 Å². The number of aromatic nitrogens is 2. The summed E-state index contributed by atoms with van der Waals surface area (Å²) < 4.78 is 1.79. The van der Waals surface area contributed by atoms with Crippen LogP contribution < -0.4 is 10.6 Å². The van der Waals surface area contributed by atoms with Crippen LogP contribution >= 0.6 is 0 Å². The van der Waals surface area contributed by atoms with E-state index in [-0.39, 0.29) is 17.7 Å². The third-order valence-electron chi connectivity index (χ3n) is 4.20. The highest BCUT2D eigenvalue weighted by molar-refractivity contribution is 5.92. The molecule has 2 rings (SSSR count). The average molecular weight is 342 g/mol. The van der Waals surface area contributed by atoms with Crippen LogP contribution in [0.2, 0.25) is 0 Å². The molecule has 6 heteroatoms. The molecule has 0 saturated carbocycles. The van der Waals surface area contributed by atoms with E-state index in [0.29, 0.717) is 13.0 Å². The second kappa shape index (κ2) is 7.96. The van der Waals surface area contributed by atoms with Crippen LogP contribution in [0.25, 0.3) is 0 Å². The average Bonchev–Trinajstić information content (AvgIpc) is 2.79. The molecule has 25 heavy (non-hydrogen) atoms. The number of carbonyl (C=O) groups is 2. The molecule has 0 atom stereocenters. The normalized spacial score (nSPS) is 10.8. The van der Waals surface area contributed by atoms with Crippen molar-refractivity contribution in [3.63, 3.8) is 0 Å². The van der Waals surface area contributed by atoms with E-state index in [2.05, 4.69) is 15.7 Å². The predicted octanol–water partition coefficient (Wildman–Crippen LogP) is 2.49. The zero-order valence-corrected chi connectivity index (χ0v) is 15.5. The van der Waals surface area contributed by atoms with Crippen LogP contribution in [0.5, 0.6) is 0 Å². The van der Waals surface area contributed by atoms with Gasteiger partial charge >= 0.3 is 0 Å². The van der Waals surface area contributed by atoms with Gasteiger partial charge in [0.2, 0.25) is 11.8 Å². The van der Waals surface area contributed by atoms with Gasteiger partial charge in [0.05, 0.1) is 12.1 Å². The number of aryl methyl sites for hydroxylation is 2. The van der Waals surface area contributed by atoms with Gasteiger partial charge in [-0.15, -0.1) is 0 Å². The van der Waals surface area contributed by atoms with E-state index in [1.807, 2.05) is 59.0 Å². The summed E-state index contributed by atoms with van der Waals surface area (Å²) in [6, 6.07) is 7.51. The Labute approximate surface area is 148 Å². The maximum atomic E-state index is 12.2. The second-order valence-electron chi connectivity index (χ2n) is 6.57. The van der Waals surface area contributed by atoms with Crippen molar-refractivity contribution in [1.82, 2.24) is 15.1 Å². The van der Waals surface area contributed by atoms with Crippen LogP contribution in [0, 0.1) is 19.8 Å². The molecule has 134 valence electrons. The Morgan fingerprint density at radius 2 is 1.96 bits per heavy atom. The molecule has 2 N–H and O–H groups in total. The Hall–Kier alpha value is -2.63. The van der Waals surface area contributed by atoms with Crippen molar-refractivity contribution in [3.05, 3.63) is 46.8 Å². The van der Waals surface area contributed by atoms with Crippen LogP contribution in [0.4, 0.5) is 5.69 Å². The summed E-state index contributed by atoms with van der Waals surface area (Å²) in [5, 5.41) is 10.1. The molecule has 1 heterocycles. The molecule has 0 fully saturated rings. The van der Waals surface area contributed by atoms with Crippen molar-refractivity contribution >= 4 is 17.5 Å². The molecule has 0 aliphatic heterocycles. The van der Waals surface area contributed by atoms with Crippen molar-refractivity contribution in [2.75, 3.05) is 5.32 Å². The molecular formula is C19H26N4O2. The summed E-state index contributed by atoms with van der Waals surface area (Å²) in [6.07, 6.45) is 0.315. The van der Waals surface area contributed by atoms with Crippen LogP contribution in [-0.4, -0.2) is 21.6 Å². The van der Waals surface area contributed by atoms with Crippen LogP contribution in [0.1, 0.15) is 36.4 Å². The first kappa shape index (κ1) is 18.7. The maximum Gasteiger partial charge on any atom is 0.226 e. The minimum atomic E-state index is -0.0747. The topological polar surface area (TPSA) is 76.0 Å². The van der Waals surface area contributed by atoms with Crippen molar-refractivity contribution in [3.8, 4) is 0 Å². The fraction of sp³-hybridized carbons (Fsp3) is 0.421. The van der Waals surface area contributed by atoms with Crippen molar-refractivity contribution in [2.24, 2.45) is 13.0 Å². The number of anilines is 1. The number of hydrogen-bond donors (Lipinski definition) is 2. The summed E-state index contributed by atoms with van der Waals surface area (Å²) in [6.45, 7) is 7.99. The molecule has 1 aromatic carbocycles. The fourth-order valence-electron chi connectivity index (χ4n) is 2.54.